The molecule has 0 N–H and O–H groups in total. The second-order valence-electron chi connectivity index (χ2n) is 11.6. The number of ketones is 1. The van der Waals surface area contributed by atoms with Crippen LogP contribution in [0.2, 0.25) is 0 Å². The fourth-order valence-corrected chi connectivity index (χ4v) is 6.69. The van der Waals surface area contributed by atoms with Crippen LogP contribution in [0.4, 0.5) is 4.79 Å². The van der Waals surface area contributed by atoms with Gasteiger partial charge in [-0.2, -0.15) is 0 Å². The molecule has 2 saturated carbocycles. The Kier molecular flexibility index (Phi) is 6.90. The summed E-state index contributed by atoms with van der Waals surface area (Å²) in [6.07, 6.45) is 11.5. The van der Waals surface area contributed by atoms with E-state index in [0.717, 1.165) is 43.4 Å². The van der Waals surface area contributed by atoms with Gasteiger partial charge in [-0.1, -0.05) is 36.8 Å². The molecular weight excluding hydrogens is 448 g/mol. The minimum absolute atomic E-state index is 0.0141. The Morgan fingerprint density at radius 1 is 1.08 bits per heavy atom. The van der Waals surface area contributed by atoms with Crippen molar-refractivity contribution in [3.05, 3.63) is 65.5 Å². The van der Waals surface area contributed by atoms with Crippen LogP contribution < -0.4 is 0 Å². The number of amides is 2. The maximum Gasteiger partial charge on any atom is 0.321 e. The molecule has 0 atom stereocenters. The average Bonchev–Trinajstić information content (AvgIpc) is 3.08. The predicted molar refractivity (Wildman–Crippen MR) is 142 cm³/mol. The number of pyridine rings is 1. The first kappa shape index (κ1) is 24.9. The van der Waals surface area contributed by atoms with E-state index in [1.54, 1.807) is 12.4 Å². The van der Waals surface area contributed by atoms with Gasteiger partial charge in [0, 0.05) is 37.4 Å². The topological polar surface area (TPSA) is 56.8 Å². The first-order chi connectivity index (χ1) is 17.3. The SMILES string of the molecule is Cc1cnccc1CC(=O)CN1CC2(CCC(c3ccccc3)(N(C)C)CC2)N(CC2CCC2)C1=O. The largest absolute Gasteiger partial charge is 0.321 e. The number of nitrogens with zero attached hydrogens (tertiary/aromatic N) is 4. The van der Waals surface area contributed by atoms with Crippen molar-refractivity contribution in [2.75, 3.05) is 33.7 Å². The first-order valence-electron chi connectivity index (χ1n) is 13.5. The highest BCUT2D eigenvalue weighted by atomic mass is 16.2. The second-order valence-corrected chi connectivity index (χ2v) is 11.6. The van der Waals surface area contributed by atoms with Crippen LogP contribution in [0, 0.1) is 12.8 Å². The van der Waals surface area contributed by atoms with Crippen LogP contribution in [-0.2, 0) is 16.8 Å². The lowest BCUT2D eigenvalue weighted by Gasteiger charge is -2.51. The van der Waals surface area contributed by atoms with Gasteiger partial charge in [-0.25, -0.2) is 4.79 Å². The Morgan fingerprint density at radius 2 is 1.81 bits per heavy atom. The third-order valence-corrected chi connectivity index (χ3v) is 9.29. The number of aryl methyl sites for hydroxylation is 1. The molecule has 2 amide bonds. The molecule has 2 heterocycles. The molecule has 3 fully saturated rings. The number of Topliss-reactive ketones (excluding diaryl/α,β-unsaturated/α-hetero) is 1. The van der Waals surface area contributed by atoms with Gasteiger partial charge in [0.1, 0.15) is 0 Å². The van der Waals surface area contributed by atoms with Gasteiger partial charge in [-0.3, -0.25) is 14.7 Å². The van der Waals surface area contributed by atoms with E-state index in [9.17, 15) is 9.59 Å². The molecule has 0 bridgehead atoms. The number of urea groups is 1. The van der Waals surface area contributed by atoms with Gasteiger partial charge in [0.2, 0.25) is 0 Å². The van der Waals surface area contributed by atoms with E-state index in [2.05, 4.69) is 59.2 Å². The average molecular weight is 489 g/mol. The van der Waals surface area contributed by atoms with Crippen molar-refractivity contribution in [3.63, 3.8) is 0 Å². The molecule has 2 aliphatic carbocycles. The highest BCUT2D eigenvalue weighted by Crippen LogP contribution is 2.49. The number of rotatable bonds is 8. The van der Waals surface area contributed by atoms with Crippen LogP contribution in [0.15, 0.2) is 48.8 Å². The Morgan fingerprint density at radius 3 is 2.42 bits per heavy atom. The lowest BCUT2D eigenvalue weighted by atomic mass is 9.68. The van der Waals surface area contributed by atoms with Crippen LogP contribution in [0.25, 0.3) is 0 Å². The van der Waals surface area contributed by atoms with Crippen molar-refractivity contribution >= 4 is 11.8 Å². The van der Waals surface area contributed by atoms with Crippen molar-refractivity contribution < 1.29 is 9.59 Å². The summed E-state index contributed by atoms with van der Waals surface area (Å²) in [7, 11) is 4.37. The summed E-state index contributed by atoms with van der Waals surface area (Å²) in [5.41, 5.74) is 3.20. The normalized spacial score (nSPS) is 26.6. The molecule has 36 heavy (non-hydrogen) atoms. The van der Waals surface area contributed by atoms with Gasteiger partial charge >= 0.3 is 6.03 Å². The third-order valence-electron chi connectivity index (χ3n) is 9.29. The van der Waals surface area contributed by atoms with E-state index in [4.69, 9.17) is 0 Å². The summed E-state index contributed by atoms with van der Waals surface area (Å²) >= 11 is 0. The number of benzene rings is 1. The molecule has 6 nitrogen and oxygen atoms in total. The van der Waals surface area contributed by atoms with Gasteiger partial charge in [-0.15, -0.1) is 0 Å². The lowest BCUT2D eigenvalue weighted by molar-refractivity contribution is -0.119. The Balaban J connectivity index is 1.35. The monoisotopic (exact) mass is 488 g/mol. The number of hydrogen-bond donors (Lipinski definition) is 0. The summed E-state index contributed by atoms with van der Waals surface area (Å²) in [6.45, 7) is 3.68. The summed E-state index contributed by atoms with van der Waals surface area (Å²) in [5, 5.41) is 0. The van der Waals surface area contributed by atoms with E-state index in [0.29, 0.717) is 18.9 Å². The van der Waals surface area contributed by atoms with Crippen LogP contribution in [0.5, 0.6) is 0 Å². The fourth-order valence-electron chi connectivity index (χ4n) is 6.69. The van der Waals surface area contributed by atoms with Crippen LogP contribution >= 0.6 is 0 Å². The predicted octanol–water partition coefficient (Wildman–Crippen LogP) is 4.81. The zero-order chi connectivity index (χ0) is 25.3. The Bertz CT molecular complexity index is 1090. The molecule has 1 aliphatic heterocycles. The van der Waals surface area contributed by atoms with Crippen LogP contribution in [0.1, 0.15) is 61.6 Å². The molecule has 6 heteroatoms. The molecule has 1 aromatic carbocycles. The Hall–Kier alpha value is -2.73. The highest BCUT2D eigenvalue weighted by molar-refractivity contribution is 5.88. The molecule has 0 unspecified atom stereocenters. The van der Waals surface area contributed by atoms with Crippen molar-refractivity contribution in [2.45, 2.75) is 69.4 Å². The van der Waals surface area contributed by atoms with Gasteiger partial charge in [-0.05, 0) is 88.2 Å². The molecule has 1 spiro atoms. The second kappa shape index (κ2) is 9.97. The van der Waals surface area contributed by atoms with E-state index in [1.807, 2.05) is 17.9 Å². The van der Waals surface area contributed by atoms with E-state index in [1.165, 1.54) is 24.8 Å². The standard InChI is InChI=1S/C30H40N4O2/c1-23-19-31-17-12-25(23)18-27(35)21-33-22-29(34(28(33)36)20-24-8-7-9-24)13-15-30(16-14-29,32(2)3)26-10-5-4-6-11-26/h4-6,10-12,17,19,24H,7-9,13-16,18,20-22H2,1-3H3. The molecule has 5 rings (SSSR count). The molecule has 3 aliphatic rings. The molecule has 192 valence electrons. The molecule has 1 saturated heterocycles. The Labute approximate surface area is 215 Å². The first-order valence-corrected chi connectivity index (χ1v) is 13.5. The van der Waals surface area contributed by atoms with E-state index in [-0.39, 0.29) is 29.4 Å². The number of aromatic nitrogens is 1. The van der Waals surface area contributed by atoms with Crippen molar-refractivity contribution in [1.29, 1.82) is 0 Å². The number of carbonyl (C=O) groups is 2. The highest BCUT2D eigenvalue weighted by Gasteiger charge is 2.55. The third kappa shape index (κ3) is 4.56. The smallest absolute Gasteiger partial charge is 0.317 e. The molecule has 2 aromatic rings. The van der Waals surface area contributed by atoms with Crippen LogP contribution in [0.3, 0.4) is 0 Å². The van der Waals surface area contributed by atoms with E-state index >= 15 is 0 Å². The van der Waals surface area contributed by atoms with Gasteiger partial charge in [0.15, 0.2) is 5.78 Å². The fraction of sp³-hybridized carbons (Fsp3) is 0.567. The zero-order valence-corrected chi connectivity index (χ0v) is 22.1. The number of hydrogen-bond acceptors (Lipinski definition) is 4. The number of carbonyl (C=O) groups excluding carboxylic acids is 2. The van der Waals surface area contributed by atoms with E-state index < -0.39 is 0 Å². The lowest BCUT2D eigenvalue weighted by Crippen LogP contribution is -2.56. The van der Waals surface area contributed by atoms with Crippen molar-refractivity contribution in [1.82, 2.24) is 19.7 Å². The zero-order valence-electron chi connectivity index (χ0n) is 22.1. The van der Waals surface area contributed by atoms with Crippen LogP contribution in [-0.4, -0.2) is 70.8 Å². The molecule has 0 radical (unpaired) electrons. The molecule has 1 aromatic heterocycles. The van der Waals surface area contributed by atoms with Gasteiger partial charge < -0.3 is 9.80 Å². The maximum absolute atomic E-state index is 13.8. The molecular formula is C30H40N4O2. The van der Waals surface area contributed by atoms with Gasteiger partial charge in [0.05, 0.1) is 12.1 Å². The summed E-state index contributed by atoms with van der Waals surface area (Å²) in [5.74, 6) is 0.705. The summed E-state index contributed by atoms with van der Waals surface area (Å²) in [6, 6.07) is 12.8. The quantitative estimate of drug-likeness (QED) is 0.535. The van der Waals surface area contributed by atoms with Crippen molar-refractivity contribution in [3.8, 4) is 0 Å². The maximum atomic E-state index is 13.8. The van der Waals surface area contributed by atoms with Crippen molar-refractivity contribution in [2.24, 2.45) is 5.92 Å². The summed E-state index contributed by atoms with van der Waals surface area (Å²) in [4.78, 5) is 37.4. The minimum atomic E-state index is -0.173. The summed E-state index contributed by atoms with van der Waals surface area (Å²) < 4.78 is 0. The van der Waals surface area contributed by atoms with Gasteiger partial charge in [0.25, 0.3) is 0 Å². The minimum Gasteiger partial charge on any atom is -0.317 e.